The molecule has 0 radical (unpaired) electrons. The zero-order valence-corrected chi connectivity index (χ0v) is 26.9. The number of sulfone groups is 1. The number of aryl methyl sites for hydroxylation is 1. The van der Waals surface area contributed by atoms with Crippen LogP contribution in [0, 0.1) is 6.92 Å². The van der Waals surface area contributed by atoms with Gasteiger partial charge in [0, 0.05) is 10.5 Å². The van der Waals surface area contributed by atoms with Crippen LogP contribution in [0.5, 0.6) is 0 Å². The van der Waals surface area contributed by atoms with E-state index in [1.807, 2.05) is 54.5 Å². The molecule has 0 fully saturated rings. The van der Waals surface area contributed by atoms with E-state index in [1.54, 1.807) is 52.8 Å². The Morgan fingerprint density at radius 2 is 1.51 bits per heavy atom. The van der Waals surface area contributed by atoms with Crippen LogP contribution in [-0.4, -0.2) is 36.2 Å². The first-order chi connectivity index (χ1) is 21.7. The van der Waals surface area contributed by atoms with E-state index in [0.717, 1.165) is 38.7 Å². The second kappa shape index (κ2) is 11.0. The highest BCUT2D eigenvalue weighted by atomic mass is 32.2. The van der Waals surface area contributed by atoms with Crippen molar-refractivity contribution in [2.75, 3.05) is 16.5 Å². The molecule has 8 nitrogen and oxygen atoms in total. The Kier molecular flexibility index (Phi) is 7.13. The molecule has 3 heterocycles. The molecule has 1 N–H and O–H groups in total. The number of fused-ring (bicyclic) bond motifs is 4. The van der Waals surface area contributed by atoms with Crippen molar-refractivity contribution in [3.05, 3.63) is 119 Å². The molecule has 0 saturated heterocycles. The number of nitrogens with zero attached hydrogens (tertiary/aromatic N) is 4. The summed E-state index contributed by atoms with van der Waals surface area (Å²) in [6.45, 7) is 6.08. The van der Waals surface area contributed by atoms with Gasteiger partial charge >= 0.3 is 0 Å². The molecule has 0 spiro atoms. The number of carbonyl (C=O) groups excluding carboxylic acids is 1. The van der Waals surface area contributed by atoms with Crippen LogP contribution < -0.4 is 10.2 Å². The molecular formula is C35H31N5O3S2. The largest absolute Gasteiger partial charge is 0.317 e. The van der Waals surface area contributed by atoms with E-state index in [2.05, 4.69) is 43.4 Å². The molecule has 10 heteroatoms. The number of aliphatic imine (C=N–C) groups is 1. The van der Waals surface area contributed by atoms with Crippen molar-refractivity contribution in [1.82, 2.24) is 9.78 Å². The molecule has 45 heavy (non-hydrogen) atoms. The van der Waals surface area contributed by atoms with Crippen molar-refractivity contribution in [3.8, 4) is 5.69 Å². The minimum atomic E-state index is -3.71. The third-order valence-electron chi connectivity index (χ3n) is 8.35. The lowest BCUT2D eigenvalue weighted by atomic mass is 9.93. The Morgan fingerprint density at radius 3 is 2.16 bits per heavy atom. The summed E-state index contributed by atoms with van der Waals surface area (Å²) in [4.78, 5) is 22.0. The maximum atomic E-state index is 13.5. The lowest BCUT2D eigenvalue weighted by Crippen LogP contribution is -2.48. The lowest BCUT2D eigenvalue weighted by Gasteiger charge is -2.40. The van der Waals surface area contributed by atoms with Crippen LogP contribution in [0.2, 0.25) is 0 Å². The van der Waals surface area contributed by atoms with Crippen molar-refractivity contribution in [1.29, 1.82) is 0 Å². The fraction of sp³-hybridized carbons (Fsp3) is 0.171. The minimum absolute atomic E-state index is 0.189. The van der Waals surface area contributed by atoms with Crippen LogP contribution in [-0.2, 0) is 14.6 Å². The second-order valence-electron chi connectivity index (χ2n) is 11.4. The number of para-hydroxylation sites is 2. The van der Waals surface area contributed by atoms with Crippen molar-refractivity contribution in [2.24, 2.45) is 4.99 Å². The van der Waals surface area contributed by atoms with E-state index in [1.165, 1.54) is 0 Å². The monoisotopic (exact) mass is 633 g/mol. The Balaban J connectivity index is 1.34. The first kappa shape index (κ1) is 29.1. The highest BCUT2D eigenvalue weighted by Crippen LogP contribution is 2.47. The third kappa shape index (κ3) is 4.85. The normalized spacial score (nSPS) is 15.7. The van der Waals surface area contributed by atoms with E-state index in [0.29, 0.717) is 17.4 Å². The first-order valence-electron chi connectivity index (χ1n) is 14.6. The van der Waals surface area contributed by atoms with Crippen LogP contribution in [0.15, 0.2) is 117 Å². The predicted molar refractivity (Wildman–Crippen MR) is 179 cm³/mol. The number of rotatable bonds is 6. The van der Waals surface area contributed by atoms with Crippen LogP contribution in [0.4, 0.5) is 17.2 Å². The summed E-state index contributed by atoms with van der Waals surface area (Å²) >= 11 is 1.67. The average molecular weight is 634 g/mol. The van der Waals surface area contributed by atoms with Gasteiger partial charge < -0.3 is 10.2 Å². The van der Waals surface area contributed by atoms with Gasteiger partial charge in [0.25, 0.3) is 5.91 Å². The topological polar surface area (TPSA) is 96.7 Å². The molecule has 4 aromatic carbocycles. The number of thioether (sulfide) groups is 1. The van der Waals surface area contributed by atoms with E-state index < -0.39 is 9.84 Å². The molecule has 0 aliphatic carbocycles. The van der Waals surface area contributed by atoms with Gasteiger partial charge in [-0.05, 0) is 90.9 Å². The van der Waals surface area contributed by atoms with E-state index >= 15 is 0 Å². The molecule has 1 unspecified atom stereocenters. The van der Waals surface area contributed by atoms with Crippen LogP contribution >= 0.6 is 11.8 Å². The van der Waals surface area contributed by atoms with Crippen molar-refractivity contribution in [3.63, 3.8) is 0 Å². The predicted octanol–water partition coefficient (Wildman–Crippen LogP) is 7.45. The standard InChI is InChI=1S/C35H31N5O3S2/c1-21(2)23-11-17-27(18-12-23)45(42,43)28-19-13-25(14-20-28)40-33-31(22(3)38-40)32(24-9-15-26(44-4)16-10-24)39-30-8-6-5-7-29(30)36-35(41)34(39)37-33/h5-21,32H,1-4H3,(H,36,41). The van der Waals surface area contributed by atoms with Gasteiger partial charge in [-0.3, -0.25) is 4.79 Å². The maximum Gasteiger partial charge on any atom is 0.291 e. The van der Waals surface area contributed by atoms with E-state index in [-0.39, 0.29) is 27.6 Å². The minimum Gasteiger partial charge on any atom is -0.317 e. The van der Waals surface area contributed by atoms with Crippen LogP contribution in [0.3, 0.4) is 0 Å². The third-order valence-corrected chi connectivity index (χ3v) is 10.9. The van der Waals surface area contributed by atoms with Gasteiger partial charge in [0.2, 0.25) is 15.7 Å². The van der Waals surface area contributed by atoms with Gasteiger partial charge in [-0.25, -0.2) is 18.1 Å². The molecule has 2 aliphatic rings. The summed E-state index contributed by atoms with van der Waals surface area (Å²) in [6, 6.07) is 29.4. The molecule has 7 rings (SSSR count). The maximum absolute atomic E-state index is 13.5. The number of anilines is 2. The van der Waals surface area contributed by atoms with Gasteiger partial charge in [0.1, 0.15) is 0 Å². The summed E-state index contributed by atoms with van der Waals surface area (Å²) in [6.07, 6.45) is 2.04. The molecule has 2 aliphatic heterocycles. The molecular weight excluding hydrogens is 603 g/mol. The molecule has 0 bridgehead atoms. The van der Waals surface area contributed by atoms with Gasteiger partial charge in [-0.1, -0.05) is 50.2 Å². The van der Waals surface area contributed by atoms with Crippen LogP contribution in [0.1, 0.15) is 48.2 Å². The van der Waals surface area contributed by atoms with Gasteiger partial charge in [0.15, 0.2) is 5.82 Å². The van der Waals surface area contributed by atoms with E-state index in [4.69, 9.17) is 10.1 Å². The lowest BCUT2D eigenvalue weighted by molar-refractivity contribution is -0.110. The van der Waals surface area contributed by atoms with Crippen molar-refractivity contribution < 1.29 is 13.2 Å². The number of carbonyl (C=O) groups is 1. The highest BCUT2D eigenvalue weighted by molar-refractivity contribution is 7.98. The molecule has 1 atom stereocenters. The molecule has 1 amide bonds. The summed E-state index contributed by atoms with van der Waals surface area (Å²) in [5.41, 5.74) is 5.92. The van der Waals surface area contributed by atoms with Crippen LogP contribution in [0.25, 0.3) is 5.69 Å². The number of benzene rings is 4. The zero-order valence-electron chi connectivity index (χ0n) is 25.2. The summed E-state index contributed by atoms with van der Waals surface area (Å²) in [5, 5.41) is 7.87. The van der Waals surface area contributed by atoms with Gasteiger partial charge in [0.05, 0.1) is 38.6 Å². The number of aromatic nitrogens is 2. The number of nitrogens with one attached hydrogen (secondary N) is 1. The highest BCUT2D eigenvalue weighted by Gasteiger charge is 2.42. The second-order valence-corrected chi connectivity index (χ2v) is 14.2. The van der Waals surface area contributed by atoms with Crippen molar-refractivity contribution in [2.45, 2.75) is 47.4 Å². The molecule has 226 valence electrons. The molecule has 1 aromatic heterocycles. The Labute approximate surface area is 266 Å². The Hall–Kier alpha value is -4.67. The number of hydrogen-bond acceptors (Lipinski definition) is 7. The Bertz CT molecular complexity index is 2080. The molecule has 5 aromatic rings. The summed E-state index contributed by atoms with van der Waals surface area (Å²) < 4.78 is 28.6. The number of amides is 1. The summed E-state index contributed by atoms with van der Waals surface area (Å²) in [5.74, 6) is 0.807. The van der Waals surface area contributed by atoms with E-state index in [9.17, 15) is 13.2 Å². The average Bonchev–Trinajstić information content (AvgIpc) is 3.39. The quantitative estimate of drug-likeness (QED) is 0.195. The SMILES string of the molecule is CSc1ccc(C2c3c(C)nn(-c4ccc(S(=O)(=O)c5ccc(C(C)C)cc5)cc4)c3N=C3C(=O)Nc4ccccc4N32)cc1. The van der Waals surface area contributed by atoms with Gasteiger partial charge in [-0.2, -0.15) is 5.10 Å². The zero-order chi connectivity index (χ0) is 31.5. The first-order valence-corrected chi connectivity index (χ1v) is 17.4. The van der Waals surface area contributed by atoms with Gasteiger partial charge in [-0.15, -0.1) is 11.8 Å². The van der Waals surface area contributed by atoms with Crippen molar-refractivity contribution >= 4 is 50.5 Å². The summed E-state index contributed by atoms with van der Waals surface area (Å²) in [7, 11) is -3.71. The number of hydrogen-bond donors (Lipinski definition) is 1. The smallest absolute Gasteiger partial charge is 0.291 e. The number of amidine groups is 1. The fourth-order valence-electron chi connectivity index (χ4n) is 5.96. The molecule has 0 saturated carbocycles. The Morgan fingerprint density at radius 1 is 0.867 bits per heavy atom. The fourth-order valence-corrected chi connectivity index (χ4v) is 7.63.